The van der Waals surface area contributed by atoms with Crippen LogP contribution in [0.5, 0.6) is 0 Å². The second-order valence-corrected chi connectivity index (χ2v) is 9.61. The quantitative estimate of drug-likeness (QED) is 0.621. The molecule has 1 aromatic heterocycles. The highest BCUT2D eigenvalue weighted by atomic mass is 32.2. The zero-order chi connectivity index (χ0) is 20.6. The first-order valence-corrected chi connectivity index (χ1v) is 11.6. The van der Waals surface area contributed by atoms with Crippen LogP contribution < -0.4 is 5.32 Å². The zero-order valence-electron chi connectivity index (χ0n) is 16.3. The molecule has 0 radical (unpaired) electrons. The highest BCUT2D eigenvalue weighted by molar-refractivity contribution is 7.90. The van der Waals surface area contributed by atoms with Crippen molar-refractivity contribution in [1.82, 2.24) is 9.88 Å². The fourth-order valence-electron chi connectivity index (χ4n) is 3.99. The van der Waals surface area contributed by atoms with Crippen LogP contribution in [-0.2, 0) is 22.9 Å². The summed E-state index contributed by atoms with van der Waals surface area (Å²) in [4.78, 5) is 12.5. The molecule has 0 aliphatic heterocycles. The van der Waals surface area contributed by atoms with Gasteiger partial charge in [0.2, 0.25) is 0 Å². The van der Waals surface area contributed by atoms with Gasteiger partial charge in [-0.25, -0.2) is 13.2 Å². The van der Waals surface area contributed by atoms with Gasteiger partial charge in [-0.1, -0.05) is 42.8 Å². The summed E-state index contributed by atoms with van der Waals surface area (Å²) in [5.41, 5.74) is 2.33. The molecule has 0 bridgehead atoms. The molecule has 29 heavy (non-hydrogen) atoms. The summed E-state index contributed by atoms with van der Waals surface area (Å²) in [6.07, 6.45) is 4.60. The lowest BCUT2D eigenvalue weighted by molar-refractivity contribution is 0.0684. The second kappa shape index (κ2) is 7.65. The van der Waals surface area contributed by atoms with Crippen LogP contribution in [0, 0.1) is 0 Å². The van der Waals surface area contributed by atoms with Gasteiger partial charge < -0.3 is 15.0 Å². The topological polar surface area (TPSA) is 88.4 Å². The van der Waals surface area contributed by atoms with Crippen molar-refractivity contribution in [2.24, 2.45) is 0 Å². The minimum atomic E-state index is -3.42. The van der Waals surface area contributed by atoms with E-state index in [0.717, 1.165) is 29.3 Å². The van der Waals surface area contributed by atoms with Crippen molar-refractivity contribution in [3.8, 4) is 0 Å². The van der Waals surface area contributed by atoms with Crippen LogP contribution in [-0.4, -0.2) is 36.4 Å². The maximum Gasteiger partial charge on any atom is 0.352 e. The Kier molecular flexibility index (Phi) is 5.19. The van der Waals surface area contributed by atoms with E-state index in [-0.39, 0.29) is 17.1 Å². The molecule has 0 amide bonds. The van der Waals surface area contributed by atoms with Crippen LogP contribution in [0.1, 0.15) is 40.9 Å². The number of hydrogen-bond acceptors (Lipinski definition) is 4. The number of sulfone groups is 1. The Bertz CT molecular complexity index is 1180. The molecule has 2 N–H and O–H groups in total. The van der Waals surface area contributed by atoms with Crippen LogP contribution in [0.15, 0.2) is 53.4 Å². The third-order valence-corrected chi connectivity index (χ3v) is 6.85. The van der Waals surface area contributed by atoms with Gasteiger partial charge in [-0.2, -0.15) is 0 Å². The molecule has 7 heteroatoms. The first-order chi connectivity index (χ1) is 13.9. The minimum absolute atomic E-state index is 0.175. The largest absolute Gasteiger partial charge is 0.477 e. The summed E-state index contributed by atoms with van der Waals surface area (Å²) in [5.74, 6) is -1.01. The van der Waals surface area contributed by atoms with Gasteiger partial charge in [0.1, 0.15) is 5.69 Å². The third-order valence-electron chi connectivity index (χ3n) is 5.65. The normalized spacial score (nSPS) is 14.8. The molecular formula is C22H24N2O4S. The highest BCUT2D eigenvalue weighted by Crippen LogP contribution is 2.29. The number of aromatic nitrogens is 1. The van der Waals surface area contributed by atoms with Crippen LogP contribution in [0.2, 0.25) is 0 Å². The van der Waals surface area contributed by atoms with Gasteiger partial charge in [-0.05, 0) is 30.5 Å². The first kappa shape index (κ1) is 19.7. The molecule has 2 aromatic carbocycles. The van der Waals surface area contributed by atoms with Crippen LogP contribution in [0.3, 0.4) is 0 Å². The number of carbonyl (C=O) groups is 1. The minimum Gasteiger partial charge on any atom is -0.477 e. The van der Waals surface area contributed by atoms with E-state index in [2.05, 4.69) is 5.32 Å². The molecule has 1 saturated carbocycles. The van der Waals surface area contributed by atoms with Gasteiger partial charge in [0.05, 0.1) is 4.90 Å². The maximum atomic E-state index is 12.2. The van der Waals surface area contributed by atoms with Crippen molar-refractivity contribution in [3.63, 3.8) is 0 Å². The van der Waals surface area contributed by atoms with Crippen LogP contribution >= 0.6 is 0 Å². The van der Waals surface area contributed by atoms with Crippen molar-refractivity contribution in [1.29, 1.82) is 0 Å². The van der Waals surface area contributed by atoms with Gasteiger partial charge in [-0.15, -0.1) is 0 Å². The fraction of sp³-hybridized carbons (Fsp3) is 0.318. The molecule has 0 unspecified atom stereocenters. The van der Waals surface area contributed by atoms with E-state index >= 15 is 0 Å². The third kappa shape index (κ3) is 3.80. The molecule has 4 rings (SSSR count). The van der Waals surface area contributed by atoms with Gasteiger partial charge >= 0.3 is 5.97 Å². The number of aromatic carboxylic acids is 1. The molecule has 1 heterocycles. The van der Waals surface area contributed by atoms with Gasteiger partial charge in [0.25, 0.3) is 0 Å². The molecule has 1 fully saturated rings. The van der Waals surface area contributed by atoms with Crippen LogP contribution in [0.25, 0.3) is 10.9 Å². The Hall–Kier alpha value is -2.64. The molecule has 0 spiro atoms. The van der Waals surface area contributed by atoms with Crippen molar-refractivity contribution in [2.45, 2.75) is 43.3 Å². The van der Waals surface area contributed by atoms with E-state index in [0.29, 0.717) is 18.2 Å². The number of fused-ring (bicyclic) bond motifs is 1. The number of carboxylic acids is 1. The summed E-state index contributed by atoms with van der Waals surface area (Å²) < 4.78 is 26.1. The maximum absolute atomic E-state index is 12.2. The number of hydrogen-bond donors (Lipinski definition) is 2. The average molecular weight is 413 g/mol. The van der Waals surface area contributed by atoms with Gasteiger partial charge in [0, 0.05) is 41.9 Å². The van der Waals surface area contributed by atoms with E-state index in [1.54, 1.807) is 28.8 Å². The number of rotatable bonds is 7. The SMILES string of the molecule is CS(=O)(=O)c1ccccc1Cn1c(C(=O)O)c(CNC2CCC2)c2ccccc21. The van der Waals surface area contributed by atoms with E-state index in [9.17, 15) is 18.3 Å². The summed E-state index contributed by atoms with van der Waals surface area (Å²) in [5, 5.41) is 14.4. The molecule has 152 valence electrons. The predicted octanol–water partition coefficient (Wildman–Crippen LogP) is 3.43. The standard InChI is InChI=1S/C22H24N2O4S/c1-29(27,28)20-12-5-2-7-15(20)14-24-19-11-4-3-10-17(19)18(21(24)22(25)26)13-23-16-8-6-9-16/h2-5,7,10-12,16,23H,6,8-9,13-14H2,1H3,(H,25,26). The molecule has 1 aliphatic carbocycles. The number of nitrogens with zero attached hydrogens (tertiary/aromatic N) is 1. The lowest BCUT2D eigenvalue weighted by atomic mass is 9.93. The lowest BCUT2D eigenvalue weighted by Crippen LogP contribution is -2.34. The molecule has 3 aromatic rings. The number of carboxylic acid groups (broad SMARTS) is 1. The van der Waals surface area contributed by atoms with E-state index in [1.807, 2.05) is 24.3 Å². The monoisotopic (exact) mass is 412 g/mol. The first-order valence-electron chi connectivity index (χ1n) is 9.71. The van der Waals surface area contributed by atoms with Gasteiger partial charge in [-0.3, -0.25) is 0 Å². The van der Waals surface area contributed by atoms with E-state index < -0.39 is 15.8 Å². The Labute approximate surface area is 170 Å². The number of benzene rings is 2. The Morgan fingerprint density at radius 1 is 1.14 bits per heavy atom. The average Bonchev–Trinajstić information content (AvgIpc) is 2.94. The summed E-state index contributed by atoms with van der Waals surface area (Å²) in [6.45, 7) is 0.655. The lowest BCUT2D eigenvalue weighted by Gasteiger charge is -2.26. The van der Waals surface area contributed by atoms with Crippen LogP contribution in [0.4, 0.5) is 0 Å². The van der Waals surface area contributed by atoms with E-state index in [4.69, 9.17) is 0 Å². The molecule has 0 saturated heterocycles. The number of para-hydroxylation sites is 1. The smallest absolute Gasteiger partial charge is 0.352 e. The van der Waals surface area contributed by atoms with E-state index in [1.165, 1.54) is 12.7 Å². The summed E-state index contributed by atoms with van der Waals surface area (Å²) >= 11 is 0. The number of nitrogens with one attached hydrogen (secondary N) is 1. The Morgan fingerprint density at radius 2 is 1.83 bits per heavy atom. The van der Waals surface area contributed by atoms with Crippen molar-refractivity contribution < 1.29 is 18.3 Å². The summed E-state index contributed by atoms with van der Waals surface area (Å²) in [7, 11) is -3.42. The molecular weight excluding hydrogens is 388 g/mol. The molecule has 6 nitrogen and oxygen atoms in total. The predicted molar refractivity (Wildman–Crippen MR) is 112 cm³/mol. The fourth-order valence-corrected chi connectivity index (χ4v) is 4.92. The highest BCUT2D eigenvalue weighted by Gasteiger charge is 2.25. The zero-order valence-corrected chi connectivity index (χ0v) is 17.1. The summed E-state index contributed by atoms with van der Waals surface area (Å²) in [6, 6.07) is 14.8. The van der Waals surface area contributed by atoms with Crippen molar-refractivity contribution in [3.05, 3.63) is 65.4 Å². The second-order valence-electron chi connectivity index (χ2n) is 7.62. The van der Waals surface area contributed by atoms with Crippen molar-refractivity contribution in [2.75, 3.05) is 6.26 Å². The molecule has 1 aliphatic rings. The Morgan fingerprint density at radius 3 is 2.48 bits per heavy atom. The van der Waals surface area contributed by atoms with Crippen molar-refractivity contribution >= 4 is 26.7 Å². The Balaban J connectivity index is 1.84. The molecule has 0 atom stereocenters. The van der Waals surface area contributed by atoms with Gasteiger partial charge in [0.15, 0.2) is 9.84 Å².